The van der Waals surface area contributed by atoms with E-state index in [-0.39, 0.29) is 0 Å². The van der Waals surface area contributed by atoms with Gasteiger partial charge in [0.2, 0.25) is 5.75 Å². The molecule has 0 radical (unpaired) electrons. The molecule has 1 aromatic carbocycles. The van der Waals surface area contributed by atoms with Gasteiger partial charge < -0.3 is 18.9 Å². The van der Waals surface area contributed by atoms with Gasteiger partial charge in [0.25, 0.3) is 0 Å². The molecule has 19 heavy (non-hydrogen) atoms. The number of benzene rings is 1. The minimum Gasteiger partial charge on any atom is -0.493 e. The van der Waals surface area contributed by atoms with E-state index in [1.807, 2.05) is 12.1 Å². The summed E-state index contributed by atoms with van der Waals surface area (Å²) in [4.78, 5) is 0. The van der Waals surface area contributed by atoms with Crippen molar-refractivity contribution < 1.29 is 18.9 Å². The Balaban J connectivity index is 2.68. The maximum absolute atomic E-state index is 5.71. The van der Waals surface area contributed by atoms with Crippen molar-refractivity contribution in [2.45, 2.75) is 19.3 Å². The van der Waals surface area contributed by atoms with Gasteiger partial charge in [0.1, 0.15) is 5.75 Å². The molecule has 5 heteroatoms. The number of rotatable bonds is 9. The fraction of sp³-hybridized carbons (Fsp3) is 0.571. The lowest BCUT2D eigenvalue weighted by atomic mass is 10.2. The molecule has 1 rings (SSSR count). The van der Waals surface area contributed by atoms with Gasteiger partial charge in [-0.15, -0.1) is 0 Å². The van der Waals surface area contributed by atoms with E-state index in [9.17, 15) is 0 Å². The minimum absolute atomic E-state index is 0.580. The van der Waals surface area contributed by atoms with Crippen LogP contribution in [0.5, 0.6) is 23.0 Å². The van der Waals surface area contributed by atoms with Crippen LogP contribution in [0.4, 0.5) is 0 Å². The standard InChI is InChI=1S/C14H21BrO4/c1-16-12-9-11(19-8-6-4-5-7-15)10-13(17-2)14(12)18-3/h9-10H,4-8H2,1-3H3. The highest BCUT2D eigenvalue weighted by Gasteiger charge is 2.13. The summed E-state index contributed by atoms with van der Waals surface area (Å²) in [7, 11) is 4.77. The molecule has 0 amide bonds. The van der Waals surface area contributed by atoms with Crippen LogP contribution in [-0.2, 0) is 0 Å². The monoisotopic (exact) mass is 332 g/mol. The zero-order valence-corrected chi connectivity index (χ0v) is 13.3. The number of alkyl halides is 1. The summed E-state index contributed by atoms with van der Waals surface area (Å²) in [5.41, 5.74) is 0. The highest BCUT2D eigenvalue weighted by Crippen LogP contribution is 2.40. The van der Waals surface area contributed by atoms with Gasteiger partial charge in [-0.1, -0.05) is 15.9 Å². The van der Waals surface area contributed by atoms with Gasteiger partial charge in [0, 0.05) is 17.5 Å². The third kappa shape index (κ3) is 4.82. The first-order valence-corrected chi connectivity index (χ1v) is 7.37. The van der Waals surface area contributed by atoms with E-state index in [0.29, 0.717) is 23.9 Å². The Labute approximate surface area is 123 Å². The topological polar surface area (TPSA) is 36.9 Å². The van der Waals surface area contributed by atoms with Crippen LogP contribution in [0.25, 0.3) is 0 Å². The van der Waals surface area contributed by atoms with Crippen molar-refractivity contribution in [3.05, 3.63) is 12.1 Å². The van der Waals surface area contributed by atoms with Crippen molar-refractivity contribution in [1.29, 1.82) is 0 Å². The summed E-state index contributed by atoms with van der Waals surface area (Å²) in [6.07, 6.45) is 3.34. The maximum Gasteiger partial charge on any atom is 0.203 e. The van der Waals surface area contributed by atoms with E-state index < -0.39 is 0 Å². The molecular weight excluding hydrogens is 312 g/mol. The third-order valence-electron chi connectivity index (χ3n) is 2.68. The minimum atomic E-state index is 0.580. The molecule has 108 valence electrons. The van der Waals surface area contributed by atoms with E-state index in [2.05, 4.69) is 15.9 Å². The van der Waals surface area contributed by atoms with E-state index in [1.165, 1.54) is 6.42 Å². The van der Waals surface area contributed by atoms with Crippen molar-refractivity contribution in [3.8, 4) is 23.0 Å². The summed E-state index contributed by atoms with van der Waals surface area (Å²) in [6.45, 7) is 0.686. The average Bonchev–Trinajstić information content (AvgIpc) is 2.45. The van der Waals surface area contributed by atoms with Gasteiger partial charge in [-0.05, 0) is 19.3 Å². The lowest BCUT2D eigenvalue weighted by molar-refractivity contribution is 0.292. The highest BCUT2D eigenvalue weighted by molar-refractivity contribution is 9.09. The smallest absolute Gasteiger partial charge is 0.203 e. The molecule has 0 spiro atoms. The van der Waals surface area contributed by atoms with Gasteiger partial charge in [-0.3, -0.25) is 0 Å². The van der Waals surface area contributed by atoms with Crippen LogP contribution in [-0.4, -0.2) is 33.3 Å². The Hall–Kier alpha value is -1.10. The van der Waals surface area contributed by atoms with Crippen LogP contribution < -0.4 is 18.9 Å². The van der Waals surface area contributed by atoms with Gasteiger partial charge in [-0.2, -0.15) is 0 Å². The molecule has 0 aliphatic heterocycles. The Bertz CT molecular complexity index is 357. The summed E-state index contributed by atoms with van der Waals surface area (Å²) in [5.74, 6) is 2.53. The summed E-state index contributed by atoms with van der Waals surface area (Å²) >= 11 is 3.41. The van der Waals surface area contributed by atoms with Gasteiger partial charge in [0.05, 0.1) is 27.9 Å². The normalized spacial score (nSPS) is 10.1. The van der Waals surface area contributed by atoms with Crippen molar-refractivity contribution in [3.63, 3.8) is 0 Å². The SMILES string of the molecule is COc1cc(OCCCCCBr)cc(OC)c1OC. The molecule has 0 unspecified atom stereocenters. The van der Waals surface area contributed by atoms with E-state index >= 15 is 0 Å². The fourth-order valence-corrected chi connectivity index (χ4v) is 2.10. The molecule has 0 N–H and O–H groups in total. The van der Waals surface area contributed by atoms with Gasteiger partial charge in [0.15, 0.2) is 11.5 Å². The van der Waals surface area contributed by atoms with Crippen molar-refractivity contribution in [2.75, 3.05) is 33.3 Å². The first-order valence-electron chi connectivity index (χ1n) is 6.25. The summed E-state index contributed by atoms with van der Waals surface area (Å²) in [5, 5.41) is 1.04. The average molecular weight is 333 g/mol. The Morgan fingerprint density at radius 1 is 0.895 bits per heavy atom. The van der Waals surface area contributed by atoms with E-state index in [4.69, 9.17) is 18.9 Å². The lowest BCUT2D eigenvalue weighted by Gasteiger charge is -2.14. The molecule has 0 aliphatic carbocycles. The van der Waals surface area contributed by atoms with Crippen LogP contribution in [0.1, 0.15) is 19.3 Å². The number of ether oxygens (including phenoxy) is 4. The highest BCUT2D eigenvalue weighted by atomic mass is 79.9. The molecule has 0 saturated carbocycles. The Morgan fingerprint density at radius 2 is 1.53 bits per heavy atom. The van der Waals surface area contributed by atoms with Gasteiger partial charge >= 0.3 is 0 Å². The largest absolute Gasteiger partial charge is 0.493 e. The molecule has 1 aromatic rings. The van der Waals surface area contributed by atoms with Crippen LogP contribution in [0.15, 0.2) is 12.1 Å². The number of hydrogen-bond acceptors (Lipinski definition) is 4. The molecule has 0 aromatic heterocycles. The van der Waals surface area contributed by atoms with Crippen LogP contribution >= 0.6 is 15.9 Å². The quantitative estimate of drug-likeness (QED) is 0.511. The summed E-state index contributed by atoms with van der Waals surface area (Å²) < 4.78 is 21.5. The molecule has 0 atom stereocenters. The first kappa shape index (κ1) is 16.0. The predicted octanol–water partition coefficient (Wildman–Crippen LogP) is 3.66. The first-order chi connectivity index (χ1) is 9.26. The second kappa shape index (κ2) is 8.91. The zero-order chi connectivity index (χ0) is 14.1. The third-order valence-corrected chi connectivity index (χ3v) is 3.25. The second-order valence-electron chi connectivity index (χ2n) is 3.96. The number of unbranched alkanes of at least 4 members (excludes halogenated alkanes) is 2. The second-order valence-corrected chi connectivity index (χ2v) is 4.75. The Kier molecular flexibility index (Phi) is 7.48. The molecule has 0 aliphatic rings. The number of methoxy groups -OCH3 is 3. The molecular formula is C14H21BrO4. The van der Waals surface area contributed by atoms with Crippen LogP contribution in [0.2, 0.25) is 0 Å². The Morgan fingerprint density at radius 3 is 2.00 bits per heavy atom. The number of halogens is 1. The molecule has 0 heterocycles. The van der Waals surface area contributed by atoms with Gasteiger partial charge in [-0.25, -0.2) is 0 Å². The molecule has 0 fully saturated rings. The maximum atomic E-state index is 5.71. The van der Waals surface area contributed by atoms with Crippen LogP contribution in [0.3, 0.4) is 0 Å². The fourth-order valence-electron chi connectivity index (χ4n) is 1.70. The molecule has 0 bridgehead atoms. The van der Waals surface area contributed by atoms with E-state index in [1.54, 1.807) is 21.3 Å². The van der Waals surface area contributed by atoms with E-state index in [0.717, 1.165) is 23.9 Å². The van der Waals surface area contributed by atoms with Crippen molar-refractivity contribution in [1.82, 2.24) is 0 Å². The zero-order valence-electron chi connectivity index (χ0n) is 11.7. The van der Waals surface area contributed by atoms with Crippen LogP contribution in [0, 0.1) is 0 Å². The molecule has 4 nitrogen and oxygen atoms in total. The lowest BCUT2D eigenvalue weighted by Crippen LogP contribution is -2.00. The number of hydrogen-bond donors (Lipinski definition) is 0. The van der Waals surface area contributed by atoms with Crippen molar-refractivity contribution >= 4 is 15.9 Å². The summed E-state index contributed by atoms with van der Waals surface area (Å²) in [6, 6.07) is 3.62. The molecule has 0 saturated heterocycles. The van der Waals surface area contributed by atoms with Crippen molar-refractivity contribution in [2.24, 2.45) is 0 Å². The predicted molar refractivity (Wildman–Crippen MR) is 79.2 cm³/mol.